The second-order valence-electron chi connectivity index (χ2n) is 6.17. The average Bonchev–Trinajstić information content (AvgIpc) is 3.44. The Bertz CT molecular complexity index is 876. The van der Waals surface area contributed by atoms with E-state index in [9.17, 15) is 0 Å². The summed E-state index contributed by atoms with van der Waals surface area (Å²) in [5.74, 6) is 3.71. The molecule has 4 heterocycles. The van der Waals surface area contributed by atoms with Crippen molar-refractivity contribution in [2.75, 3.05) is 0 Å². The van der Waals surface area contributed by atoms with Crippen molar-refractivity contribution in [3.8, 4) is 0 Å². The molecule has 24 heavy (non-hydrogen) atoms. The first-order valence-electron chi connectivity index (χ1n) is 8.09. The summed E-state index contributed by atoms with van der Waals surface area (Å²) in [4.78, 5) is 0. The van der Waals surface area contributed by atoms with Gasteiger partial charge in [0.15, 0.2) is 0 Å². The van der Waals surface area contributed by atoms with Gasteiger partial charge in [0.05, 0.1) is 31.0 Å². The number of fused-ring (bicyclic) bond motifs is 1. The molecule has 0 bridgehead atoms. The van der Waals surface area contributed by atoms with Gasteiger partial charge in [-0.1, -0.05) is 0 Å². The van der Waals surface area contributed by atoms with Crippen LogP contribution in [-0.2, 0) is 5.41 Å². The van der Waals surface area contributed by atoms with E-state index in [1.807, 2.05) is 42.5 Å². The van der Waals surface area contributed by atoms with Crippen LogP contribution in [0.25, 0.3) is 0 Å². The Morgan fingerprint density at radius 2 is 1.46 bits per heavy atom. The normalized spacial score (nSPS) is 19.2. The number of hydrogen-bond donors (Lipinski definition) is 0. The van der Waals surface area contributed by atoms with Crippen molar-refractivity contribution in [1.29, 1.82) is 0 Å². The topological polar surface area (TPSA) is 52.6 Å². The van der Waals surface area contributed by atoms with Crippen molar-refractivity contribution in [1.82, 2.24) is 0 Å². The lowest BCUT2D eigenvalue weighted by Crippen LogP contribution is -2.33. The molecular formula is C20H16O4. The van der Waals surface area contributed by atoms with Crippen molar-refractivity contribution in [3.63, 3.8) is 0 Å². The lowest BCUT2D eigenvalue weighted by molar-refractivity contribution is 0.295. The molecule has 4 aromatic rings. The lowest BCUT2D eigenvalue weighted by Gasteiger charge is -2.36. The fourth-order valence-corrected chi connectivity index (χ4v) is 4.01. The van der Waals surface area contributed by atoms with Gasteiger partial charge >= 0.3 is 0 Å². The van der Waals surface area contributed by atoms with E-state index in [2.05, 4.69) is 0 Å². The highest BCUT2D eigenvalue weighted by atomic mass is 16.4. The van der Waals surface area contributed by atoms with Gasteiger partial charge in [0.2, 0.25) is 0 Å². The first kappa shape index (κ1) is 13.5. The third-order valence-electron chi connectivity index (χ3n) is 5.05. The highest BCUT2D eigenvalue weighted by molar-refractivity contribution is 5.49. The lowest BCUT2D eigenvalue weighted by atomic mass is 9.66. The smallest absolute Gasteiger partial charge is 0.122 e. The van der Waals surface area contributed by atoms with Crippen LogP contribution in [0.3, 0.4) is 0 Å². The molecule has 4 nitrogen and oxygen atoms in total. The maximum Gasteiger partial charge on any atom is 0.122 e. The van der Waals surface area contributed by atoms with Crippen LogP contribution in [0.15, 0.2) is 85.2 Å². The minimum Gasteiger partial charge on any atom is -0.469 e. The van der Waals surface area contributed by atoms with Crippen LogP contribution in [0, 0.1) is 0 Å². The highest BCUT2D eigenvalue weighted by Crippen LogP contribution is 2.53. The Labute approximate surface area is 138 Å². The predicted molar refractivity (Wildman–Crippen MR) is 85.8 cm³/mol. The second kappa shape index (κ2) is 5.06. The molecule has 0 N–H and O–H groups in total. The summed E-state index contributed by atoms with van der Waals surface area (Å²) >= 11 is 0. The molecule has 0 fully saturated rings. The molecule has 4 heteroatoms. The Kier molecular flexibility index (Phi) is 2.86. The molecule has 0 saturated heterocycles. The summed E-state index contributed by atoms with van der Waals surface area (Å²) in [6.45, 7) is 0. The molecule has 120 valence electrons. The van der Waals surface area contributed by atoms with Crippen molar-refractivity contribution >= 4 is 0 Å². The zero-order chi connectivity index (χ0) is 16.0. The Morgan fingerprint density at radius 3 is 2.08 bits per heavy atom. The van der Waals surface area contributed by atoms with E-state index in [1.54, 1.807) is 25.1 Å². The molecule has 0 aromatic carbocycles. The third-order valence-corrected chi connectivity index (χ3v) is 5.05. The number of furan rings is 4. The van der Waals surface area contributed by atoms with E-state index < -0.39 is 5.41 Å². The Hall–Kier alpha value is -2.88. The molecule has 1 atom stereocenters. The molecule has 0 aliphatic heterocycles. The van der Waals surface area contributed by atoms with E-state index in [-0.39, 0.29) is 5.92 Å². The largest absolute Gasteiger partial charge is 0.469 e. The molecule has 0 amide bonds. The van der Waals surface area contributed by atoms with Crippen LogP contribution in [0.2, 0.25) is 0 Å². The van der Waals surface area contributed by atoms with Crippen LogP contribution in [0.5, 0.6) is 0 Å². The van der Waals surface area contributed by atoms with E-state index in [0.717, 1.165) is 41.4 Å². The summed E-state index contributed by atoms with van der Waals surface area (Å²) in [5.41, 5.74) is 0.623. The summed E-state index contributed by atoms with van der Waals surface area (Å²) in [6.07, 6.45) is 8.60. The van der Waals surface area contributed by atoms with Crippen LogP contribution in [-0.4, -0.2) is 0 Å². The van der Waals surface area contributed by atoms with Crippen molar-refractivity contribution in [3.05, 3.63) is 96.1 Å². The fourth-order valence-electron chi connectivity index (χ4n) is 4.01. The standard InChI is InChI=1S/C20H16O4/c1-4-16(21-10-1)14-7-9-20(17-5-2-11-22-17,18-6-3-12-23-18)15-8-13-24-19(14)15/h1-6,8,10-14H,7,9H2/t14-/m1/s1. The molecule has 0 unspecified atom stereocenters. The van der Waals surface area contributed by atoms with Gasteiger partial charge in [0, 0.05) is 5.56 Å². The van der Waals surface area contributed by atoms with Crippen molar-refractivity contribution < 1.29 is 17.7 Å². The SMILES string of the molecule is c1coc([C@H]2CCC(c3ccco3)(c3ccco3)c3ccoc32)c1. The summed E-state index contributed by atoms with van der Waals surface area (Å²) < 4.78 is 23.2. The van der Waals surface area contributed by atoms with Gasteiger partial charge in [0.1, 0.15) is 28.5 Å². The molecule has 1 aliphatic rings. The first-order chi connectivity index (χ1) is 11.9. The van der Waals surface area contributed by atoms with Gasteiger partial charge in [-0.15, -0.1) is 0 Å². The van der Waals surface area contributed by atoms with Gasteiger partial charge in [-0.2, -0.15) is 0 Å². The fraction of sp³-hybridized carbons (Fsp3) is 0.200. The van der Waals surface area contributed by atoms with Gasteiger partial charge in [-0.3, -0.25) is 0 Å². The molecule has 0 radical (unpaired) electrons. The number of rotatable bonds is 3. The molecular weight excluding hydrogens is 304 g/mol. The minimum atomic E-state index is -0.460. The molecule has 1 aliphatic carbocycles. The average molecular weight is 320 g/mol. The number of hydrogen-bond acceptors (Lipinski definition) is 4. The van der Waals surface area contributed by atoms with Crippen LogP contribution in [0.1, 0.15) is 47.4 Å². The van der Waals surface area contributed by atoms with Gasteiger partial charge in [0.25, 0.3) is 0 Å². The van der Waals surface area contributed by atoms with Gasteiger partial charge in [-0.25, -0.2) is 0 Å². The van der Waals surface area contributed by atoms with Crippen LogP contribution < -0.4 is 0 Å². The summed E-state index contributed by atoms with van der Waals surface area (Å²) in [7, 11) is 0. The Morgan fingerprint density at radius 1 is 0.750 bits per heavy atom. The first-order valence-corrected chi connectivity index (χ1v) is 8.09. The van der Waals surface area contributed by atoms with E-state index in [0.29, 0.717) is 0 Å². The maximum absolute atomic E-state index is 5.90. The third kappa shape index (κ3) is 1.74. The van der Waals surface area contributed by atoms with Crippen molar-refractivity contribution in [2.45, 2.75) is 24.2 Å². The molecule has 5 rings (SSSR count). The van der Waals surface area contributed by atoms with Crippen molar-refractivity contribution in [2.24, 2.45) is 0 Å². The molecule has 4 aromatic heterocycles. The second-order valence-corrected chi connectivity index (χ2v) is 6.17. The monoisotopic (exact) mass is 320 g/mol. The minimum absolute atomic E-state index is 0.114. The highest BCUT2D eigenvalue weighted by Gasteiger charge is 2.49. The predicted octanol–water partition coefficient (Wildman–Crippen LogP) is 5.32. The van der Waals surface area contributed by atoms with E-state index in [4.69, 9.17) is 17.7 Å². The maximum atomic E-state index is 5.90. The van der Waals surface area contributed by atoms with Gasteiger partial charge < -0.3 is 17.7 Å². The van der Waals surface area contributed by atoms with E-state index in [1.165, 1.54) is 0 Å². The zero-order valence-electron chi connectivity index (χ0n) is 13.0. The molecule has 0 spiro atoms. The Balaban J connectivity index is 1.74. The van der Waals surface area contributed by atoms with Crippen LogP contribution in [0.4, 0.5) is 0 Å². The van der Waals surface area contributed by atoms with E-state index >= 15 is 0 Å². The summed E-state index contributed by atoms with van der Waals surface area (Å²) in [5, 5.41) is 0. The summed E-state index contributed by atoms with van der Waals surface area (Å²) in [6, 6.07) is 13.8. The zero-order valence-corrected chi connectivity index (χ0v) is 13.0. The van der Waals surface area contributed by atoms with Crippen LogP contribution >= 0.6 is 0 Å². The quantitative estimate of drug-likeness (QED) is 0.513. The van der Waals surface area contributed by atoms with Gasteiger partial charge in [-0.05, 0) is 55.3 Å². The molecule has 0 saturated carbocycles.